The Bertz CT molecular complexity index is 847. The topological polar surface area (TPSA) is 87.1 Å². The van der Waals surface area contributed by atoms with Crippen LogP contribution in [0.2, 0.25) is 0 Å². The largest absolute Gasteiger partial charge is 0.354 e. The van der Waals surface area contributed by atoms with Crippen molar-refractivity contribution in [1.82, 2.24) is 24.8 Å². The molecular weight excluding hydrogens is 366 g/mol. The second kappa shape index (κ2) is 9.45. The summed E-state index contributed by atoms with van der Waals surface area (Å²) in [5.74, 6) is 1.17. The summed E-state index contributed by atoms with van der Waals surface area (Å²) in [5, 5.41) is 3.26. The molecule has 0 radical (unpaired) electrons. The first-order valence-electron chi connectivity index (χ1n) is 10.4. The van der Waals surface area contributed by atoms with Gasteiger partial charge in [0, 0.05) is 51.3 Å². The molecular formula is C21H27N7O. The summed E-state index contributed by atoms with van der Waals surface area (Å²) in [4.78, 5) is 34.1. The van der Waals surface area contributed by atoms with Gasteiger partial charge in [0.25, 0.3) is 5.91 Å². The summed E-state index contributed by atoms with van der Waals surface area (Å²) in [5.41, 5.74) is 1.94. The van der Waals surface area contributed by atoms with Gasteiger partial charge in [-0.15, -0.1) is 0 Å². The molecule has 2 aromatic rings. The van der Waals surface area contributed by atoms with Gasteiger partial charge in [0.2, 0.25) is 11.9 Å². The monoisotopic (exact) mass is 393 g/mol. The van der Waals surface area contributed by atoms with Crippen molar-refractivity contribution in [3.05, 3.63) is 48.1 Å². The molecule has 8 nitrogen and oxygen atoms in total. The van der Waals surface area contributed by atoms with E-state index in [1.807, 2.05) is 4.90 Å². The normalized spacial score (nSPS) is 17.0. The minimum atomic E-state index is -0.0564. The Kier molecular flexibility index (Phi) is 6.29. The fourth-order valence-corrected chi connectivity index (χ4v) is 3.76. The highest BCUT2D eigenvalue weighted by atomic mass is 16.2. The molecule has 1 aliphatic heterocycles. The van der Waals surface area contributed by atoms with Crippen LogP contribution in [0.3, 0.4) is 0 Å². The predicted octanol–water partition coefficient (Wildman–Crippen LogP) is 2.53. The lowest BCUT2D eigenvalue weighted by atomic mass is 9.97. The van der Waals surface area contributed by atoms with Crippen LogP contribution in [0.15, 0.2) is 42.4 Å². The third-order valence-electron chi connectivity index (χ3n) is 5.39. The molecule has 152 valence electrons. The first-order chi connectivity index (χ1) is 14.3. The van der Waals surface area contributed by atoms with Crippen molar-refractivity contribution in [1.29, 1.82) is 0 Å². The summed E-state index contributed by atoms with van der Waals surface area (Å²) in [6, 6.07) is 3.49. The van der Waals surface area contributed by atoms with E-state index in [0.717, 1.165) is 13.0 Å². The number of anilines is 2. The van der Waals surface area contributed by atoms with E-state index in [0.29, 0.717) is 43.8 Å². The van der Waals surface area contributed by atoms with Crippen molar-refractivity contribution in [3.8, 4) is 0 Å². The maximum Gasteiger partial charge on any atom is 0.272 e. The van der Waals surface area contributed by atoms with Crippen LogP contribution in [0.1, 0.15) is 42.6 Å². The summed E-state index contributed by atoms with van der Waals surface area (Å²) >= 11 is 0. The van der Waals surface area contributed by atoms with E-state index in [-0.39, 0.29) is 5.91 Å². The number of rotatable bonds is 6. The smallest absolute Gasteiger partial charge is 0.272 e. The molecule has 0 unspecified atom stereocenters. The van der Waals surface area contributed by atoms with Gasteiger partial charge in [-0.2, -0.15) is 0 Å². The highest BCUT2D eigenvalue weighted by Crippen LogP contribution is 2.20. The first kappa shape index (κ1) is 19.3. The molecule has 1 aliphatic carbocycles. The maximum absolute atomic E-state index is 12.9. The fraction of sp³-hybridized carbons (Fsp3) is 0.476. The van der Waals surface area contributed by atoms with Crippen molar-refractivity contribution >= 4 is 17.8 Å². The number of amides is 1. The Morgan fingerprint density at radius 3 is 2.62 bits per heavy atom. The molecule has 4 rings (SSSR count). The van der Waals surface area contributed by atoms with Crippen LogP contribution in [-0.2, 0) is 0 Å². The number of allylic oxidation sites excluding steroid dienone is 1. The summed E-state index contributed by atoms with van der Waals surface area (Å²) in [6.45, 7) is 3.46. The fourth-order valence-electron chi connectivity index (χ4n) is 3.76. The van der Waals surface area contributed by atoms with Gasteiger partial charge in [0.1, 0.15) is 5.69 Å². The maximum atomic E-state index is 12.9. The minimum absolute atomic E-state index is 0.0564. The predicted molar refractivity (Wildman–Crippen MR) is 112 cm³/mol. The molecule has 0 atom stereocenters. The molecule has 1 saturated heterocycles. The number of hydrogen-bond acceptors (Lipinski definition) is 7. The van der Waals surface area contributed by atoms with Gasteiger partial charge in [0.15, 0.2) is 0 Å². The Morgan fingerprint density at radius 2 is 1.86 bits per heavy atom. The van der Waals surface area contributed by atoms with Gasteiger partial charge in [-0.25, -0.2) is 19.9 Å². The van der Waals surface area contributed by atoms with Crippen LogP contribution < -0.4 is 10.2 Å². The molecule has 29 heavy (non-hydrogen) atoms. The first-order valence-corrected chi connectivity index (χ1v) is 10.4. The van der Waals surface area contributed by atoms with E-state index in [4.69, 9.17) is 0 Å². The van der Waals surface area contributed by atoms with Crippen LogP contribution >= 0.6 is 0 Å². The zero-order valence-electron chi connectivity index (χ0n) is 16.6. The summed E-state index contributed by atoms with van der Waals surface area (Å²) in [6.07, 6.45) is 13.5. The zero-order chi connectivity index (χ0) is 19.9. The molecule has 0 saturated carbocycles. The molecule has 0 bridgehead atoms. The Balaban J connectivity index is 1.30. The zero-order valence-corrected chi connectivity index (χ0v) is 16.6. The second-order valence-electron chi connectivity index (χ2n) is 7.38. The standard InChI is InChI=1S/C21H27N7O/c29-19(27-13-15-28(16-14-27)21-24-9-4-10-25-21)18-8-12-23-20(26-18)22-11-7-17-5-2-1-3-6-17/h4-5,8-10,12H,1-3,6-7,11,13-16H2,(H,22,23,26). The van der Waals surface area contributed by atoms with Crippen LogP contribution in [0.4, 0.5) is 11.9 Å². The molecule has 1 N–H and O–H groups in total. The van der Waals surface area contributed by atoms with Crippen LogP contribution in [0.5, 0.6) is 0 Å². The van der Waals surface area contributed by atoms with Gasteiger partial charge in [-0.3, -0.25) is 4.79 Å². The summed E-state index contributed by atoms with van der Waals surface area (Å²) < 4.78 is 0. The number of carbonyl (C=O) groups is 1. The van der Waals surface area contributed by atoms with E-state index in [1.54, 1.807) is 30.7 Å². The van der Waals surface area contributed by atoms with E-state index in [2.05, 4.69) is 36.2 Å². The number of carbonyl (C=O) groups excluding carboxylic acids is 1. The average Bonchev–Trinajstić information content (AvgIpc) is 2.80. The molecule has 2 aromatic heterocycles. The van der Waals surface area contributed by atoms with Gasteiger partial charge in [0.05, 0.1) is 0 Å². The van der Waals surface area contributed by atoms with Crippen molar-refractivity contribution in [2.75, 3.05) is 42.9 Å². The lowest BCUT2D eigenvalue weighted by Crippen LogP contribution is -2.49. The third-order valence-corrected chi connectivity index (χ3v) is 5.39. The molecule has 0 spiro atoms. The minimum Gasteiger partial charge on any atom is -0.354 e. The van der Waals surface area contributed by atoms with E-state index < -0.39 is 0 Å². The molecule has 2 aliphatic rings. The van der Waals surface area contributed by atoms with Crippen LogP contribution in [-0.4, -0.2) is 63.5 Å². The highest BCUT2D eigenvalue weighted by Gasteiger charge is 2.24. The molecule has 1 amide bonds. The molecule has 1 fully saturated rings. The number of aromatic nitrogens is 4. The second-order valence-corrected chi connectivity index (χ2v) is 7.38. The number of nitrogens with zero attached hydrogens (tertiary/aromatic N) is 6. The van der Waals surface area contributed by atoms with Crippen LogP contribution in [0.25, 0.3) is 0 Å². The Labute approximate surface area is 171 Å². The SMILES string of the molecule is O=C(c1ccnc(NCCC2=CCCCC2)n1)N1CCN(c2ncccn2)CC1. The lowest BCUT2D eigenvalue weighted by Gasteiger charge is -2.34. The number of hydrogen-bond donors (Lipinski definition) is 1. The van der Waals surface area contributed by atoms with Gasteiger partial charge in [-0.1, -0.05) is 11.6 Å². The molecule has 3 heterocycles. The van der Waals surface area contributed by atoms with E-state index >= 15 is 0 Å². The Morgan fingerprint density at radius 1 is 1.03 bits per heavy atom. The number of nitrogens with one attached hydrogen (secondary N) is 1. The van der Waals surface area contributed by atoms with Crippen molar-refractivity contribution in [2.24, 2.45) is 0 Å². The quantitative estimate of drug-likeness (QED) is 0.755. The van der Waals surface area contributed by atoms with Gasteiger partial charge >= 0.3 is 0 Å². The lowest BCUT2D eigenvalue weighted by molar-refractivity contribution is 0.0740. The van der Waals surface area contributed by atoms with Gasteiger partial charge < -0.3 is 15.1 Å². The van der Waals surface area contributed by atoms with Crippen molar-refractivity contribution in [2.45, 2.75) is 32.1 Å². The average molecular weight is 393 g/mol. The van der Waals surface area contributed by atoms with Crippen LogP contribution in [0, 0.1) is 0 Å². The van der Waals surface area contributed by atoms with Crippen molar-refractivity contribution in [3.63, 3.8) is 0 Å². The van der Waals surface area contributed by atoms with Gasteiger partial charge in [-0.05, 0) is 44.2 Å². The van der Waals surface area contributed by atoms with Crippen molar-refractivity contribution < 1.29 is 4.79 Å². The third kappa shape index (κ3) is 5.07. The van der Waals surface area contributed by atoms with E-state index in [9.17, 15) is 4.79 Å². The highest BCUT2D eigenvalue weighted by molar-refractivity contribution is 5.92. The molecule has 0 aromatic carbocycles. The summed E-state index contributed by atoms with van der Waals surface area (Å²) in [7, 11) is 0. The molecule has 8 heteroatoms. The number of piperazine rings is 1. The Hall–Kier alpha value is -3.03. The van der Waals surface area contributed by atoms with E-state index in [1.165, 1.54) is 31.3 Å².